The van der Waals surface area contributed by atoms with E-state index in [-0.39, 0.29) is 0 Å². The highest BCUT2D eigenvalue weighted by Crippen LogP contribution is 2.15. The number of carboxylic acid groups (broad SMARTS) is 1. The van der Waals surface area contributed by atoms with E-state index in [1.165, 1.54) is 11.8 Å². The quantitative estimate of drug-likeness (QED) is 0.833. The van der Waals surface area contributed by atoms with Crippen molar-refractivity contribution in [2.75, 3.05) is 5.75 Å². The average molecular weight is 246 g/mol. The van der Waals surface area contributed by atoms with Gasteiger partial charge in [0.05, 0.1) is 0 Å². The largest absolute Gasteiger partial charge is 0.480 e. The van der Waals surface area contributed by atoms with E-state index in [0.717, 1.165) is 11.3 Å². The third kappa shape index (κ3) is 4.55. The molecule has 0 saturated carbocycles. The van der Waals surface area contributed by atoms with Crippen LogP contribution < -0.4 is 5.73 Å². The van der Waals surface area contributed by atoms with Gasteiger partial charge >= 0.3 is 5.97 Å². The second-order valence-corrected chi connectivity index (χ2v) is 4.55. The number of hydrogen-bond acceptors (Lipinski definition) is 3. The Morgan fingerprint density at radius 1 is 1.47 bits per heavy atom. The van der Waals surface area contributed by atoms with Crippen molar-refractivity contribution in [3.63, 3.8) is 0 Å². The van der Waals surface area contributed by atoms with Gasteiger partial charge in [0.25, 0.3) is 0 Å². The molecule has 82 valence electrons. The number of hydrogen-bond donors (Lipinski definition) is 2. The highest BCUT2D eigenvalue weighted by Gasteiger charge is 2.10. The van der Waals surface area contributed by atoms with Crippen molar-refractivity contribution in [2.24, 2.45) is 5.73 Å². The zero-order valence-corrected chi connectivity index (χ0v) is 9.59. The molecule has 0 amide bonds. The van der Waals surface area contributed by atoms with E-state index in [0.29, 0.717) is 10.8 Å². The standard InChI is InChI=1S/C10H12ClNO2S/c11-8-3-1-7(2-4-8)5-15-6-9(12)10(13)14/h1-4,9H,5-6,12H2,(H,13,14). The molecule has 0 aliphatic rings. The summed E-state index contributed by atoms with van der Waals surface area (Å²) in [5.41, 5.74) is 6.48. The summed E-state index contributed by atoms with van der Waals surface area (Å²) in [5.74, 6) is 0.203. The van der Waals surface area contributed by atoms with E-state index in [4.69, 9.17) is 22.4 Å². The zero-order chi connectivity index (χ0) is 11.3. The van der Waals surface area contributed by atoms with Gasteiger partial charge in [-0.2, -0.15) is 11.8 Å². The fraction of sp³-hybridized carbons (Fsp3) is 0.300. The van der Waals surface area contributed by atoms with Crippen molar-refractivity contribution >= 4 is 29.3 Å². The molecule has 3 nitrogen and oxygen atoms in total. The second kappa shape index (κ2) is 6.00. The average Bonchev–Trinajstić information content (AvgIpc) is 2.20. The third-order valence-electron chi connectivity index (χ3n) is 1.80. The molecule has 1 rings (SSSR count). The molecule has 0 aliphatic carbocycles. The molecule has 0 aliphatic heterocycles. The van der Waals surface area contributed by atoms with E-state index in [1.54, 1.807) is 0 Å². The number of halogens is 1. The number of aliphatic carboxylic acids is 1. The lowest BCUT2D eigenvalue weighted by Gasteiger charge is -2.05. The Bertz CT molecular complexity index is 329. The van der Waals surface area contributed by atoms with E-state index in [9.17, 15) is 4.79 Å². The molecular weight excluding hydrogens is 234 g/mol. The lowest BCUT2D eigenvalue weighted by molar-refractivity contribution is -0.137. The van der Waals surface area contributed by atoms with Crippen LogP contribution in [0.5, 0.6) is 0 Å². The van der Waals surface area contributed by atoms with Gasteiger partial charge in [-0.25, -0.2) is 0 Å². The van der Waals surface area contributed by atoms with Crippen molar-refractivity contribution in [3.05, 3.63) is 34.9 Å². The monoisotopic (exact) mass is 245 g/mol. The first-order valence-electron chi connectivity index (χ1n) is 4.40. The molecule has 15 heavy (non-hydrogen) atoms. The number of rotatable bonds is 5. The van der Waals surface area contributed by atoms with Gasteiger partial charge in [0.1, 0.15) is 6.04 Å². The van der Waals surface area contributed by atoms with Crippen molar-refractivity contribution in [1.29, 1.82) is 0 Å². The molecule has 0 spiro atoms. The molecule has 1 atom stereocenters. The van der Waals surface area contributed by atoms with Crippen LogP contribution in [0.1, 0.15) is 5.56 Å². The molecule has 1 aromatic rings. The maximum absolute atomic E-state index is 10.4. The van der Waals surface area contributed by atoms with Gasteiger partial charge in [-0.05, 0) is 17.7 Å². The number of thioether (sulfide) groups is 1. The fourth-order valence-electron chi connectivity index (χ4n) is 0.956. The van der Waals surface area contributed by atoms with Crippen LogP contribution in [0.15, 0.2) is 24.3 Å². The van der Waals surface area contributed by atoms with Gasteiger partial charge in [-0.3, -0.25) is 4.79 Å². The summed E-state index contributed by atoms with van der Waals surface area (Å²) in [6.07, 6.45) is 0. The van der Waals surface area contributed by atoms with Gasteiger partial charge in [-0.15, -0.1) is 0 Å². The Morgan fingerprint density at radius 2 is 2.07 bits per heavy atom. The lowest BCUT2D eigenvalue weighted by atomic mass is 10.2. The normalized spacial score (nSPS) is 12.4. The third-order valence-corrected chi connectivity index (χ3v) is 3.18. The molecule has 0 heterocycles. The summed E-state index contributed by atoms with van der Waals surface area (Å²) < 4.78 is 0. The van der Waals surface area contributed by atoms with Gasteiger partial charge < -0.3 is 10.8 Å². The highest BCUT2D eigenvalue weighted by atomic mass is 35.5. The smallest absolute Gasteiger partial charge is 0.321 e. The lowest BCUT2D eigenvalue weighted by Crippen LogP contribution is -2.32. The van der Waals surface area contributed by atoms with Crippen molar-refractivity contribution in [1.82, 2.24) is 0 Å². The molecule has 0 aromatic heterocycles. The molecular formula is C10H12ClNO2S. The van der Waals surface area contributed by atoms with Crippen LogP contribution in [0.25, 0.3) is 0 Å². The summed E-state index contributed by atoms with van der Waals surface area (Å²) in [6.45, 7) is 0. The van der Waals surface area contributed by atoms with Crippen molar-refractivity contribution < 1.29 is 9.90 Å². The Hall–Kier alpha value is -0.710. The Labute approximate surface area is 97.6 Å². The summed E-state index contributed by atoms with van der Waals surface area (Å²) in [7, 11) is 0. The second-order valence-electron chi connectivity index (χ2n) is 3.09. The summed E-state index contributed by atoms with van der Waals surface area (Å²) in [5, 5.41) is 9.26. The van der Waals surface area contributed by atoms with Gasteiger partial charge in [-0.1, -0.05) is 23.7 Å². The van der Waals surface area contributed by atoms with Crippen LogP contribution in [-0.4, -0.2) is 22.9 Å². The Balaban J connectivity index is 2.32. The van der Waals surface area contributed by atoms with Crippen molar-refractivity contribution in [3.8, 4) is 0 Å². The minimum Gasteiger partial charge on any atom is -0.480 e. The van der Waals surface area contributed by atoms with Crippen molar-refractivity contribution in [2.45, 2.75) is 11.8 Å². The summed E-state index contributed by atoms with van der Waals surface area (Å²) >= 11 is 7.23. The predicted octanol–water partition coefficient (Wildman–Crippen LogP) is 1.99. The van der Waals surface area contributed by atoms with Crippen LogP contribution in [0.4, 0.5) is 0 Å². The van der Waals surface area contributed by atoms with Gasteiger partial charge in [0, 0.05) is 16.5 Å². The molecule has 5 heteroatoms. The zero-order valence-electron chi connectivity index (χ0n) is 8.02. The molecule has 1 unspecified atom stereocenters. The fourth-order valence-corrected chi connectivity index (χ4v) is 2.02. The maximum atomic E-state index is 10.4. The van der Waals surface area contributed by atoms with E-state index < -0.39 is 12.0 Å². The number of carboxylic acids is 1. The minimum atomic E-state index is -0.960. The first-order chi connectivity index (χ1) is 7.09. The van der Waals surface area contributed by atoms with Crippen LogP contribution >= 0.6 is 23.4 Å². The van der Waals surface area contributed by atoms with Gasteiger partial charge in [0.15, 0.2) is 0 Å². The topological polar surface area (TPSA) is 63.3 Å². The van der Waals surface area contributed by atoms with E-state index in [1.807, 2.05) is 24.3 Å². The SMILES string of the molecule is NC(CSCc1ccc(Cl)cc1)C(=O)O. The molecule has 0 radical (unpaired) electrons. The first-order valence-corrected chi connectivity index (χ1v) is 5.93. The molecule has 0 fully saturated rings. The Kier molecular flexibility index (Phi) is 4.94. The molecule has 3 N–H and O–H groups in total. The van der Waals surface area contributed by atoms with Crippen LogP contribution in [-0.2, 0) is 10.5 Å². The summed E-state index contributed by atoms with van der Waals surface area (Å²) in [6, 6.07) is 6.68. The minimum absolute atomic E-state index is 0.415. The van der Waals surface area contributed by atoms with Crippen LogP contribution in [0.2, 0.25) is 5.02 Å². The van der Waals surface area contributed by atoms with Crippen LogP contribution in [0, 0.1) is 0 Å². The summed E-state index contributed by atoms with van der Waals surface area (Å²) in [4.78, 5) is 10.4. The van der Waals surface area contributed by atoms with Crippen LogP contribution in [0.3, 0.4) is 0 Å². The van der Waals surface area contributed by atoms with Gasteiger partial charge in [0.2, 0.25) is 0 Å². The predicted molar refractivity (Wildman–Crippen MR) is 63.2 cm³/mol. The number of benzene rings is 1. The first kappa shape index (κ1) is 12.4. The molecule has 0 saturated heterocycles. The maximum Gasteiger partial charge on any atom is 0.321 e. The number of nitrogens with two attached hydrogens (primary N) is 1. The van der Waals surface area contributed by atoms with E-state index >= 15 is 0 Å². The Morgan fingerprint density at radius 3 is 2.60 bits per heavy atom. The van der Waals surface area contributed by atoms with E-state index in [2.05, 4.69) is 0 Å². The highest BCUT2D eigenvalue weighted by molar-refractivity contribution is 7.98. The molecule has 1 aromatic carbocycles. The number of carbonyl (C=O) groups is 1. The molecule has 0 bridgehead atoms.